The summed E-state index contributed by atoms with van der Waals surface area (Å²) in [5.74, 6) is -2.71. The van der Waals surface area contributed by atoms with Crippen LogP contribution in [0.25, 0.3) is 0 Å². The van der Waals surface area contributed by atoms with Gasteiger partial charge in [0.05, 0.1) is 11.3 Å². The summed E-state index contributed by atoms with van der Waals surface area (Å²) in [6.07, 6.45) is 6.53. The van der Waals surface area contributed by atoms with Crippen LogP contribution in [-0.2, 0) is 15.6 Å². The maximum atomic E-state index is 14.4. The van der Waals surface area contributed by atoms with Crippen molar-refractivity contribution in [2.75, 3.05) is 12.8 Å². The molecular weight excluding hydrogens is 526 g/mol. The van der Waals surface area contributed by atoms with Crippen molar-refractivity contribution in [1.82, 2.24) is 9.88 Å². The van der Waals surface area contributed by atoms with E-state index in [1.54, 1.807) is 4.90 Å². The molecule has 1 amide bonds. The van der Waals surface area contributed by atoms with Gasteiger partial charge in [-0.25, -0.2) is 22.2 Å². The third-order valence-electron chi connectivity index (χ3n) is 7.84. The van der Waals surface area contributed by atoms with Crippen molar-refractivity contribution in [3.05, 3.63) is 64.9 Å². The number of carbonyl (C=O) groups is 1. The molecule has 11 heteroatoms. The number of benzene rings is 1. The summed E-state index contributed by atoms with van der Waals surface area (Å²) in [5.41, 5.74) is -0.729. The number of aromatic nitrogens is 1. The number of rotatable bonds is 9. The van der Waals surface area contributed by atoms with Gasteiger partial charge in [0, 0.05) is 30.0 Å². The van der Waals surface area contributed by atoms with E-state index in [0.717, 1.165) is 31.2 Å². The molecule has 0 bridgehead atoms. The Kier molecular flexibility index (Phi) is 7.93. The molecule has 2 atom stereocenters. The molecule has 4 rings (SSSR count). The van der Waals surface area contributed by atoms with Crippen molar-refractivity contribution in [2.24, 2.45) is 17.3 Å². The topological polar surface area (TPSA) is 128 Å². The van der Waals surface area contributed by atoms with Crippen LogP contribution in [0.15, 0.2) is 40.5 Å². The molecule has 1 aromatic heterocycles. The van der Waals surface area contributed by atoms with E-state index in [-0.39, 0.29) is 53.3 Å². The zero-order chi connectivity index (χ0) is 28.7. The molecule has 2 N–H and O–H groups in total. The lowest BCUT2D eigenvalue weighted by Crippen LogP contribution is -2.52. The summed E-state index contributed by atoms with van der Waals surface area (Å²) in [7, 11) is -3.39. The highest BCUT2D eigenvalue weighted by atomic mass is 32.2. The fourth-order valence-corrected chi connectivity index (χ4v) is 5.89. The van der Waals surface area contributed by atoms with E-state index in [9.17, 15) is 27.4 Å². The Balaban J connectivity index is 1.66. The second kappa shape index (κ2) is 10.7. The number of amides is 1. The maximum absolute atomic E-state index is 14.4. The molecule has 2 aliphatic rings. The van der Waals surface area contributed by atoms with Crippen LogP contribution in [0.1, 0.15) is 68.4 Å². The normalized spacial score (nSPS) is 22.9. The number of nitrogens with zero attached hydrogens (tertiary/aromatic N) is 2. The molecule has 0 unspecified atom stereocenters. The Hall–Kier alpha value is -3.21. The van der Waals surface area contributed by atoms with Crippen LogP contribution in [-0.4, -0.2) is 54.5 Å². The molecule has 2 fully saturated rings. The van der Waals surface area contributed by atoms with E-state index in [2.05, 4.69) is 4.98 Å². The number of halogens is 2. The monoisotopic (exact) mass is 560 g/mol. The van der Waals surface area contributed by atoms with Gasteiger partial charge in [0.2, 0.25) is 5.89 Å². The molecule has 210 valence electrons. The Labute approximate surface area is 227 Å². The van der Waals surface area contributed by atoms with Gasteiger partial charge in [0.1, 0.15) is 23.7 Å². The minimum absolute atomic E-state index is 0.0164. The van der Waals surface area contributed by atoms with Gasteiger partial charge in [-0.3, -0.25) is 4.79 Å². The van der Waals surface area contributed by atoms with Crippen LogP contribution in [0.5, 0.6) is 0 Å². The summed E-state index contributed by atoms with van der Waals surface area (Å²) < 4.78 is 57.3. The lowest BCUT2D eigenvalue weighted by Gasteiger charge is -2.47. The number of allylic oxidation sites excluding steroid dienone is 2. The Morgan fingerprint density at radius 2 is 1.90 bits per heavy atom. The van der Waals surface area contributed by atoms with Crippen LogP contribution in [0.3, 0.4) is 0 Å². The zero-order valence-electron chi connectivity index (χ0n) is 22.6. The van der Waals surface area contributed by atoms with Gasteiger partial charge in [-0.05, 0) is 61.3 Å². The molecule has 0 aliphatic heterocycles. The average Bonchev–Trinajstić information content (AvgIpc) is 3.58. The first-order valence-corrected chi connectivity index (χ1v) is 15.1. The molecule has 1 heterocycles. The first-order chi connectivity index (χ1) is 18.2. The van der Waals surface area contributed by atoms with E-state index in [4.69, 9.17) is 9.83 Å². The lowest BCUT2D eigenvalue weighted by molar-refractivity contribution is 0.0626. The third-order valence-corrected chi connectivity index (χ3v) is 8.61. The van der Waals surface area contributed by atoms with E-state index >= 15 is 0 Å². The Morgan fingerprint density at radius 3 is 2.46 bits per heavy atom. The van der Waals surface area contributed by atoms with Crippen molar-refractivity contribution in [1.29, 1.82) is 10.8 Å². The standard InChI is InChI=1S/C28H34F2N4O4S/c1-16(2)28(15-34(18-8-9-18)27(35)23-13-38-24(33-23)14-39(4,36)37)11-10-17(3)19(26(28)32)12-22(31)25-20(29)6-5-7-21(25)30/h5-7,12-13,16-18,31-32H,8-11,14-15H2,1-4H3/b19-12-,31-22?,32-26?/t17-,28+/m0/s1. The third kappa shape index (κ3) is 6.03. The van der Waals surface area contributed by atoms with Gasteiger partial charge in [0.15, 0.2) is 15.5 Å². The molecule has 39 heavy (non-hydrogen) atoms. The molecule has 0 spiro atoms. The summed E-state index contributed by atoms with van der Waals surface area (Å²) in [5, 5.41) is 17.7. The molecule has 2 aliphatic carbocycles. The van der Waals surface area contributed by atoms with Crippen molar-refractivity contribution in [3.63, 3.8) is 0 Å². The van der Waals surface area contributed by atoms with Crippen LogP contribution < -0.4 is 0 Å². The highest BCUT2D eigenvalue weighted by molar-refractivity contribution is 7.89. The smallest absolute Gasteiger partial charge is 0.276 e. The van der Waals surface area contributed by atoms with Crippen LogP contribution >= 0.6 is 0 Å². The van der Waals surface area contributed by atoms with Gasteiger partial charge in [-0.15, -0.1) is 0 Å². The predicted octanol–water partition coefficient (Wildman–Crippen LogP) is 5.19. The molecule has 2 aromatic rings. The van der Waals surface area contributed by atoms with Crippen LogP contribution in [0.4, 0.5) is 8.78 Å². The number of hydrogen-bond donors (Lipinski definition) is 2. The highest BCUT2D eigenvalue weighted by Crippen LogP contribution is 2.46. The predicted molar refractivity (Wildman–Crippen MR) is 144 cm³/mol. The minimum Gasteiger partial charge on any atom is -0.447 e. The van der Waals surface area contributed by atoms with E-state index in [1.165, 1.54) is 18.4 Å². The van der Waals surface area contributed by atoms with E-state index in [0.29, 0.717) is 18.4 Å². The summed E-state index contributed by atoms with van der Waals surface area (Å²) in [4.78, 5) is 19.4. The second-order valence-corrected chi connectivity index (χ2v) is 13.2. The number of carbonyl (C=O) groups excluding carboxylic acids is 1. The second-order valence-electron chi connectivity index (χ2n) is 11.1. The number of nitrogens with one attached hydrogen (secondary N) is 2. The van der Waals surface area contributed by atoms with Gasteiger partial charge in [0.25, 0.3) is 5.91 Å². The van der Waals surface area contributed by atoms with Gasteiger partial charge in [-0.2, -0.15) is 0 Å². The van der Waals surface area contributed by atoms with Crippen molar-refractivity contribution < 1.29 is 26.4 Å². The number of sulfone groups is 1. The number of hydrogen-bond acceptors (Lipinski definition) is 7. The van der Waals surface area contributed by atoms with Gasteiger partial charge < -0.3 is 20.1 Å². The number of oxazole rings is 1. The first kappa shape index (κ1) is 28.8. The van der Waals surface area contributed by atoms with Crippen molar-refractivity contribution in [3.8, 4) is 0 Å². The average molecular weight is 561 g/mol. The molecule has 2 saturated carbocycles. The molecule has 8 nitrogen and oxygen atoms in total. The van der Waals surface area contributed by atoms with Crippen LogP contribution in [0.2, 0.25) is 0 Å². The zero-order valence-corrected chi connectivity index (χ0v) is 23.4. The van der Waals surface area contributed by atoms with E-state index in [1.807, 2.05) is 20.8 Å². The quantitative estimate of drug-likeness (QED) is 0.408. The fraction of sp³-hybridized carbons (Fsp3) is 0.500. The largest absolute Gasteiger partial charge is 0.447 e. The summed E-state index contributed by atoms with van der Waals surface area (Å²) in [6, 6.07) is 3.41. The van der Waals surface area contributed by atoms with Crippen LogP contribution in [0, 0.1) is 39.7 Å². The molecule has 0 radical (unpaired) electrons. The summed E-state index contributed by atoms with van der Waals surface area (Å²) >= 11 is 0. The first-order valence-electron chi connectivity index (χ1n) is 13.0. The fourth-order valence-electron chi connectivity index (χ4n) is 5.31. The Morgan fingerprint density at radius 1 is 1.26 bits per heavy atom. The molecule has 1 aromatic carbocycles. The SMILES string of the molecule is CC(C)[C@]1(CN(C(=O)c2coc(CS(C)(=O)=O)n2)C2CC2)CC[C@H](C)/C(=C/C(=N)c2c(F)cccc2F)C1=N. The Bertz CT molecular complexity index is 1420. The van der Waals surface area contributed by atoms with Crippen molar-refractivity contribution in [2.45, 2.75) is 58.2 Å². The van der Waals surface area contributed by atoms with E-state index < -0.39 is 38.2 Å². The minimum atomic E-state index is -3.39. The van der Waals surface area contributed by atoms with Gasteiger partial charge in [-0.1, -0.05) is 26.8 Å². The maximum Gasteiger partial charge on any atom is 0.276 e. The highest BCUT2D eigenvalue weighted by Gasteiger charge is 2.48. The van der Waals surface area contributed by atoms with Crippen molar-refractivity contribution >= 4 is 27.2 Å². The summed E-state index contributed by atoms with van der Waals surface area (Å²) in [6.45, 7) is 6.13. The molecule has 0 saturated heterocycles. The molecular formula is C28H34F2N4O4S. The lowest BCUT2D eigenvalue weighted by atomic mass is 9.61. The van der Waals surface area contributed by atoms with Gasteiger partial charge >= 0.3 is 0 Å².